The average Bonchev–Trinajstić information content (AvgIpc) is 3.78. The number of carbonyl (C=O) groups excluding carboxylic acids is 1. The normalized spacial score (nSPS) is 16.0. The molecule has 1 saturated heterocycles. The van der Waals surface area contributed by atoms with Crippen molar-refractivity contribution in [3.05, 3.63) is 82.7 Å². The number of aromatic nitrogens is 3. The molecule has 10 nitrogen and oxygen atoms in total. The van der Waals surface area contributed by atoms with Crippen molar-refractivity contribution in [2.24, 2.45) is 0 Å². The number of hydrogen-bond acceptors (Lipinski definition) is 7. The number of fused-ring (bicyclic) bond motifs is 1. The largest absolute Gasteiger partial charge is 0.447 e. The van der Waals surface area contributed by atoms with Crippen molar-refractivity contribution in [1.82, 2.24) is 29.3 Å². The Labute approximate surface area is 256 Å². The predicted molar refractivity (Wildman–Crippen MR) is 165 cm³/mol. The van der Waals surface area contributed by atoms with Crippen LogP contribution in [0.25, 0.3) is 22.4 Å². The molecule has 0 bridgehead atoms. The molecule has 0 saturated carbocycles. The van der Waals surface area contributed by atoms with Crippen LogP contribution in [0.15, 0.2) is 59.3 Å². The summed E-state index contributed by atoms with van der Waals surface area (Å²) in [7, 11) is -3.36. The number of likely N-dealkylation sites (tertiary alicyclic amines) is 1. The molecule has 12 heteroatoms. The van der Waals surface area contributed by atoms with Gasteiger partial charge >= 0.3 is 0 Å². The molecule has 2 aromatic carbocycles. The first kappa shape index (κ1) is 29.6. The summed E-state index contributed by atoms with van der Waals surface area (Å²) in [6.07, 6.45) is 8.38. The van der Waals surface area contributed by atoms with Crippen LogP contribution in [-0.4, -0.2) is 70.7 Å². The summed E-state index contributed by atoms with van der Waals surface area (Å²) in [5.74, 6) is 0.170. The first-order valence-corrected chi connectivity index (χ1v) is 16.8. The van der Waals surface area contributed by atoms with Gasteiger partial charge in [0.1, 0.15) is 6.26 Å². The van der Waals surface area contributed by atoms with Crippen LogP contribution >= 0.6 is 11.6 Å². The molecule has 4 aromatic rings. The number of nitrogens with zero attached hydrogens (tertiary/aromatic N) is 5. The SMILES string of the molecule is CS(=O)(=O)N1CCc2c(c(-c3ccc(Cl)c(-c4cccc(C(=O)NCc5ncco5)c4)c3)nn2CCCN2CCCC2)C1. The quantitative estimate of drug-likeness (QED) is 0.275. The molecule has 1 fully saturated rings. The van der Waals surface area contributed by atoms with E-state index in [-0.39, 0.29) is 19.0 Å². The van der Waals surface area contributed by atoms with Crippen LogP contribution in [-0.2, 0) is 36.1 Å². The molecule has 226 valence electrons. The van der Waals surface area contributed by atoms with Gasteiger partial charge in [-0.15, -0.1) is 0 Å². The van der Waals surface area contributed by atoms with E-state index in [1.54, 1.807) is 12.1 Å². The second-order valence-electron chi connectivity index (χ2n) is 11.1. The Morgan fingerprint density at radius 1 is 1.07 bits per heavy atom. The fraction of sp³-hybridized carbons (Fsp3) is 0.387. The van der Waals surface area contributed by atoms with E-state index in [0.717, 1.165) is 66.2 Å². The van der Waals surface area contributed by atoms with E-state index in [4.69, 9.17) is 21.1 Å². The third kappa shape index (κ3) is 6.70. The van der Waals surface area contributed by atoms with Gasteiger partial charge in [-0.2, -0.15) is 9.40 Å². The number of amides is 1. The standard InChI is InChI=1S/C31H35ClN6O4S/c1-43(40,41)37-16-10-28-26(21-37)30(35-38(28)15-5-14-36-12-2-3-13-36)23-8-9-27(32)25(19-23)22-6-4-7-24(18-22)31(39)34-20-29-33-11-17-42-29/h4,6-9,11,17-19H,2-3,5,10,12-16,20-21H2,1H3,(H,34,39). The minimum atomic E-state index is -3.36. The number of sulfonamides is 1. The minimum Gasteiger partial charge on any atom is -0.447 e. The average molecular weight is 623 g/mol. The van der Waals surface area contributed by atoms with Gasteiger partial charge in [0.15, 0.2) is 0 Å². The number of halogens is 1. The van der Waals surface area contributed by atoms with Crippen LogP contribution in [0.3, 0.4) is 0 Å². The van der Waals surface area contributed by atoms with E-state index in [1.165, 1.54) is 35.9 Å². The number of carbonyl (C=O) groups is 1. The summed E-state index contributed by atoms with van der Waals surface area (Å²) >= 11 is 6.70. The van der Waals surface area contributed by atoms with E-state index >= 15 is 0 Å². The molecule has 0 aliphatic carbocycles. The van der Waals surface area contributed by atoms with Crippen molar-refractivity contribution in [3.8, 4) is 22.4 Å². The zero-order valence-corrected chi connectivity index (χ0v) is 25.7. The smallest absolute Gasteiger partial charge is 0.251 e. The highest BCUT2D eigenvalue weighted by Crippen LogP contribution is 2.36. The van der Waals surface area contributed by atoms with Gasteiger partial charge in [0, 0.05) is 59.0 Å². The zero-order chi connectivity index (χ0) is 30.0. The lowest BCUT2D eigenvalue weighted by Gasteiger charge is -2.26. The summed E-state index contributed by atoms with van der Waals surface area (Å²) < 4.78 is 33.8. The van der Waals surface area contributed by atoms with Crippen molar-refractivity contribution in [1.29, 1.82) is 0 Å². The lowest BCUT2D eigenvalue weighted by molar-refractivity contribution is 0.0947. The molecule has 2 aliphatic rings. The molecule has 6 rings (SSSR count). The molecule has 1 N–H and O–H groups in total. The van der Waals surface area contributed by atoms with Gasteiger partial charge in [-0.3, -0.25) is 9.48 Å². The Hall–Kier alpha value is -3.51. The van der Waals surface area contributed by atoms with Crippen LogP contribution in [0.5, 0.6) is 0 Å². The molecular formula is C31H35ClN6O4S. The molecule has 0 atom stereocenters. The maximum atomic E-state index is 12.9. The van der Waals surface area contributed by atoms with E-state index < -0.39 is 10.0 Å². The first-order valence-electron chi connectivity index (χ1n) is 14.6. The molecule has 2 aromatic heterocycles. The maximum absolute atomic E-state index is 12.9. The number of oxazole rings is 1. The molecule has 0 spiro atoms. The highest BCUT2D eigenvalue weighted by atomic mass is 35.5. The topological polar surface area (TPSA) is 114 Å². The van der Waals surface area contributed by atoms with Crippen LogP contribution in [0.4, 0.5) is 0 Å². The molecular weight excluding hydrogens is 588 g/mol. The van der Waals surface area contributed by atoms with Crippen LogP contribution < -0.4 is 5.32 Å². The van der Waals surface area contributed by atoms with Crippen LogP contribution in [0, 0.1) is 0 Å². The summed E-state index contributed by atoms with van der Waals surface area (Å²) in [5, 5.41) is 8.42. The monoisotopic (exact) mass is 622 g/mol. The summed E-state index contributed by atoms with van der Waals surface area (Å²) in [5.41, 5.74) is 5.67. The van der Waals surface area contributed by atoms with E-state index in [0.29, 0.717) is 29.4 Å². The summed E-state index contributed by atoms with van der Waals surface area (Å²) in [6.45, 7) is 5.04. The fourth-order valence-corrected chi connectivity index (χ4v) is 6.95. The molecule has 0 unspecified atom stereocenters. The Morgan fingerprint density at radius 2 is 1.91 bits per heavy atom. The van der Waals surface area contributed by atoms with Crippen molar-refractivity contribution in [2.75, 3.05) is 32.4 Å². The van der Waals surface area contributed by atoms with Crippen molar-refractivity contribution < 1.29 is 17.6 Å². The van der Waals surface area contributed by atoms with Gasteiger partial charge in [0.2, 0.25) is 15.9 Å². The van der Waals surface area contributed by atoms with Gasteiger partial charge in [0.25, 0.3) is 5.91 Å². The molecule has 4 heterocycles. The Kier molecular flexibility index (Phi) is 8.67. The highest BCUT2D eigenvalue weighted by Gasteiger charge is 2.30. The zero-order valence-electron chi connectivity index (χ0n) is 24.1. The number of hydrogen-bond donors (Lipinski definition) is 1. The Bertz CT molecular complexity index is 1710. The number of rotatable bonds is 10. The van der Waals surface area contributed by atoms with E-state index in [9.17, 15) is 13.2 Å². The van der Waals surface area contributed by atoms with Crippen molar-refractivity contribution in [2.45, 2.75) is 45.3 Å². The van der Waals surface area contributed by atoms with Gasteiger partial charge in [-0.05, 0) is 68.7 Å². The van der Waals surface area contributed by atoms with Gasteiger partial charge in [-0.1, -0.05) is 29.8 Å². The van der Waals surface area contributed by atoms with Gasteiger partial charge in [0.05, 0.1) is 24.7 Å². The number of nitrogens with one attached hydrogen (secondary N) is 1. The lowest BCUT2D eigenvalue weighted by atomic mass is 9.97. The lowest BCUT2D eigenvalue weighted by Crippen LogP contribution is -2.35. The number of benzene rings is 2. The van der Waals surface area contributed by atoms with Crippen molar-refractivity contribution >= 4 is 27.5 Å². The summed E-state index contributed by atoms with van der Waals surface area (Å²) in [4.78, 5) is 19.4. The second kappa shape index (κ2) is 12.6. The molecule has 1 amide bonds. The summed E-state index contributed by atoms with van der Waals surface area (Å²) in [6, 6.07) is 13.0. The minimum absolute atomic E-state index is 0.183. The fourth-order valence-electron chi connectivity index (χ4n) is 5.94. The van der Waals surface area contributed by atoms with Crippen LogP contribution in [0.2, 0.25) is 5.02 Å². The second-order valence-corrected chi connectivity index (χ2v) is 13.5. The third-order valence-electron chi connectivity index (χ3n) is 8.17. The van der Waals surface area contributed by atoms with Crippen LogP contribution in [0.1, 0.15) is 46.8 Å². The highest BCUT2D eigenvalue weighted by molar-refractivity contribution is 7.88. The van der Waals surface area contributed by atoms with Gasteiger partial charge in [-0.25, -0.2) is 13.4 Å². The maximum Gasteiger partial charge on any atom is 0.251 e. The Morgan fingerprint density at radius 3 is 2.67 bits per heavy atom. The molecule has 2 aliphatic heterocycles. The third-order valence-corrected chi connectivity index (χ3v) is 9.75. The Balaban J connectivity index is 1.30. The first-order chi connectivity index (χ1) is 20.8. The van der Waals surface area contributed by atoms with Gasteiger partial charge < -0.3 is 14.6 Å². The van der Waals surface area contributed by atoms with E-state index in [1.807, 2.05) is 30.3 Å². The molecule has 43 heavy (non-hydrogen) atoms. The number of aryl methyl sites for hydroxylation is 1. The predicted octanol–water partition coefficient (Wildman–Crippen LogP) is 4.59. The molecule has 0 radical (unpaired) electrons. The van der Waals surface area contributed by atoms with Crippen molar-refractivity contribution in [3.63, 3.8) is 0 Å². The van der Waals surface area contributed by atoms with E-state index in [2.05, 4.69) is 19.9 Å².